The molecule has 0 aromatic heterocycles. The van der Waals surface area contributed by atoms with Crippen molar-refractivity contribution in [3.05, 3.63) is 39.4 Å². The minimum Gasteiger partial charge on any atom is -0.310 e. The Labute approximate surface area is 120 Å². The van der Waals surface area contributed by atoms with Crippen LogP contribution in [-0.4, -0.2) is 11.5 Å². The van der Waals surface area contributed by atoms with Crippen molar-refractivity contribution in [3.8, 4) is 0 Å². The summed E-state index contributed by atoms with van der Waals surface area (Å²) < 4.78 is 0. The molecule has 0 heterocycles. The van der Waals surface area contributed by atoms with E-state index in [0.29, 0.717) is 16.9 Å². The van der Waals surface area contributed by atoms with E-state index in [0.717, 1.165) is 12.1 Å². The van der Waals surface area contributed by atoms with Gasteiger partial charge in [0.25, 0.3) is 5.69 Å². The Morgan fingerprint density at radius 2 is 2.00 bits per heavy atom. The molecule has 0 bridgehead atoms. The van der Waals surface area contributed by atoms with Gasteiger partial charge in [-0.15, -0.1) is 0 Å². The van der Waals surface area contributed by atoms with Gasteiger partial charge in [0.1, 0.15) is 0 Å². The standard InChI is InChI=1S/C16H24N2O2/c1-11(2)16(7-8-16)10-17-13(4)14-6-5-12(3)15(9-14)18(19)20/h5-6,9,11,13,17H,7-8,10H2,1-4H3. The normalized spacial score (nSPS) is 18.1. The fraction of sp³-hybridized carbons (Fsp3) is 0.625. The third-order valence-corrected chi connectivity index (χ3v) is 4.81. The largest absolute Gasteiger partial charge is 0.310 e. The van der Waals surface area contributed by atoms with E-state index in [2.05, 4.69) is 26.1 Å². The van der Waals surface area contributed by atoms with Crippen LogP contribution in [0.25, 0.3) is 0 Å². The molecule has 0 radical (unpaired) electrons. The van der Waals surface area contributed by atoms with Crippen LogP contribution in [-0.2, 0) is 0 Å². The molecule has 4 nitrogen and oxygen atoms in total. The maximum Gasteiger partial charge on any atom is 0.272 e. The highest BCUT2D eigenvalue weighted by molar-refractivity contribution is 5.43. The first-order valence-electron chi connectivity index (χ1n) is 7.34. The third-order valence-electron chi connectivity index (χ3n) is 4.81. The van der Waals surface area contributed by atoms with Gasteiger partial charge in [-0.1, -0.05) is 26.0 Å². The number of aryl methyl sites for hydroxylation is 1. The molecule has 110 valence electrons. The maximum absolute atomic E-state index is 11.0. The number of rotatable bonds is 6. The lowest BCUT2D eigenvalue weighted by molar-refractivity contribution is -0.385. The Kier molecular flexibility index (Phi) is 4.14. The first-order valence-corrected chi connectivity index (χ1v) is 7.34. The van der Waals surface area contributed by atoms with Gasteiger partial charge in [-0.3, -0.25) is 10.1 Å². The molecule has 1 unspecified atom stereocenters. The highest BCUT2D eigenvalue weighted by Gasteiger charge is 2.44. The summed E-state index contributed by atoms with van der Waals surface area (Å²) in [4.78, 5) is 10.7. The summed E-state index contributed by atoms with van der Waals surface area (Å²) in [6.07, 6.45) is 2.58. The number of nitro groups is 1. The second-order valence-electron chi connectivity index (χ2n) is 6.42. The second kappa shape index (κ2) is 5.52. The van der Waals surface area contributed by atoms with E-state index in [1.54, 1.807) is 13.0 Å². The van der Waals surface area contributed by atoms with Crippen LogP contribution in [0.15, 0.2) is 18.2 Å². The molecular formula is C16H24N2O2. The molecule has 4 heteroatoms. The van der Waals surface area contributed by atoms with Crippen LogP contribution in [0.5, 0.6) is 0 Å². The number of hydrogen-bond donors (Lipinski definition) is 1. The van der Waals surface area contributed by atoms with Crippen molar-refractivity contribution in [2.45, 2.75) is 46.6 Å². The fourth-order valence-electron chi connectivity index (χ4n) is 2.69. The summed E-state index contributed by atoms with van der Waals surface area (Å²) in [6, 6.07) is 5.66. The summed E-state index contributed by atoms with van der Waals surface area (Å²) in [5.74, 6) is 0.689. The van der Waals surface area contributed by atoms with Gasteiger partial charge in [-0.05, 0) is 43.6 Å². The van der Waals surface area contributed by atoms with E-state index in [1.807, 2.05) is 12.1 Å². The zero-order chi connectivity index (χ0) is 14.9. The predicted molar refractivity (Wildman–Crippen MR) is 80.8 cm³/mol. The highest BCUT2D eigenvalue weighted by Crippen LogP contribution is 2.51. The average molecular weight is 276 g/mol. The molecule has 0 aliphatic heterocycles. The first kappa shape index (κ1) is 15.0. The predicted octanol–water partition coefficient (Wildman–Crippen LogP) is 3.99. The number of hydrogen-bond acceptors (Lipinski definition) is 3. The molecule has 20 heavy (non-hydrogen) atoms. The lowest BCUT2D eigenvalue weighted by Gasteiger charge is -2.23. The van der Waals surface area contributed by atoms with E-state index in [-0.39, 0.29) is 16.7 Å². The highest BCUT2D eigenvalue weighted by atomic mass is 16.6. The van der Waals surface area contributed by atoms with E-state index < -0.39 is 0 Å². The Hall–Kier alpha value is -1.42. The Morgan fingerprint density at radius 1 is 1.35 bits per heavy atom. The van der Waals surface area contributed by atoms with Crippen LogP contribution in [0, 0.1) is 28.4 Å². The molecule has 1 saturated carbocycles. The Balaban J connectivity index is 2.04. The summed E-state index contributed by atoms with van der Waals surface area (Å²) in [6.45, 7) is 9.39. The lowest BCUT2D eigenvalue weighted by atomic mass is 9.92. The SMILES string of the molecule is Cc1ccc(C(C)NCC2(C(C)C)CC2)cc1[N+](=O)[O-]. The van der Waals surface area contributed by atoms with Gasteiger partial charge >= 0.3 is 0 Å². The van der Waals surface area contributed by atoms with Crippen LogP contribution >= 0.6 is 0 Å². The molecule has 1 atom stereocenters. The van der Waals surface area contributed by atoms with Crippen LogP contribution in [0.3, 0.4) is 0 Å². The van der Waals surface area contributed by atoms with E-state index >= 15 is 0 Å². The second-order valence-corrected chi connectivity index (χ2v) is 6.42. The average Bonchev–Trinajstić information content (AvgIpc) is 3.17. The van der Waals surface area contributed by atoms with Crippen LogP contribution in [0.4, 0.5) is 5.69 Å². The molecule has 1 aromatic carbocycles. The minimum atomic E-state index is -0.304. The molecule has 0 amide bonds. The maximum atomic E-state index is 11.0. The molecule has 1 N–H and O–H groups in total. The fourth-order valence-corrected chi connectivity index (χ4v) is 2.69. The number of nitrogens with one attached hydrogen (secondary N) is 1. The molecule has 2 rings (SSSR count). The van der Waals surface area contributed by atoms with Gasteiger partial charge in [-0.2, -0.15) is 0 Å². The van der Waals surface area contributed by atoms with Gasteiger partial charge in [-0.25, -0.2) is 0 Å². The van der Waals surface area contributed by atoms with E-state index in [4.69, 9.17) is 0 Å². The molecular weight excluding hydrogens is 252 g/mol. The number of benzene rings is 1. The molecule has 1 aliphatic carbocycles. The summed E-state index contributed by atoms with van der Waals surface area (Å²) in [5, 5.41) is 14.5. The molecule has 1 fully saturated rings. The minimum absolute atomic E-state index is 0.144. The van der Waals surface area contributed by atoms with Crippen LogP contribution in [0.2, 0.25) is 0 Å². The number of nitrogens with zero attached hydrogens (tertiary/aromatic N) is 1. The Morgan fingerprint density at radius 3 is 2.50 bits per heavy atom. The van der Waals surface area contributed by atoms with Crippen molar-refractivity contribution in [3.63, 3.8) is 0 Å². The summed E-state index contributed by atoms with van der Waals surface area (Å²) >= 11 is 0. The van der Waals surface area contributed by atoms with Gasteiger partial charge < -0.3 is 5.32 Å². The molecule has 0 spiro atoms. The third kappa shape index (κ3) is 3.01. The Bertz CT molecular complexity index is 507. The molecule has 1 aromatic rings. The van der Waals surface area contributed by atoms with Gasteiger partial charge in [0.2, 0.25) is 0 Å². The monoisotopic (exact) mass is 276 g/mol. The summed E-state index contributed by atoms with van der Waals surface area (Å²) in [7, 11) is 0. The topological polar surface area (TPSA) is 55.2 Å². The number of nitro benzene ring substituents is 1. The van der Waals surface area contributed by atoms with Crippen LogP contribution in [0.1, 0.15) is 50.8 Å². The van der Waals surface area contributed by atoms with Crippen molar-refractivity contribution in [2.75, 3.05) is 6.54 Å². The van der Waals surface area contributed by atoms with Crippen molar-refractivity contribution in [2.24, 2.45) is 11.3 Å². The van der Waals surface area contributed by atoms with Crippen molar-refractivity contribution >= 4 is 5.69 Å². The smallest absolute Gasteiger partial charge is 0.272 e. The molecule has 1 aliphatic rings. The summed E-state index contributed by atoms with van der Waals surface area (Å²) in [5.41, 5.74) is 2.36. The zero-order valence-corrected chi connectivity index (χ0v) is 12.8. The molecule has 0 saturated heterocycles. The van der Waals surface area contributed by atoms with E-state index in [9.17, 15) is 10.1 Å². The van der Waals surface area contributed by atoms with Gasteiger partial charge in [0, 0.05) is 24.2 Å². The lowest BCUT2D eigenvalue weighted by Crippen LogP contribution is -2.29. The van der Waals surface area contributed by atoms with Gasteiger partial charge in [0.15, 0.2) is 0 Å². The van der Waals surface area contributed by atoms with Gasteiger partial charge in [0.05, 0.1) is 4.92 Å². The quantitative estimate of drug-likeness (QED) is 0.631. The van der Waals surface area contributed by atoms with Crippen molar-refractivity contribution in [1.29, 1.82) is 0 Å². The van der Waals surface area contributed by atoms with Crippen molar-refractivity contribution < 1.29 is 4.92 Å². The van der Waals surface area contributed by atoms with E-state index in [1.165, 1.54) is 12.8 Å². The van der Waals surface area contributed by atoms with Crippen molar-refractivity contribution in [1.82, 2.24) is 5.32 Å². The first-order chi connectivity index (χ1) is 9.35. The zero-order valence-electron chi connectivity index (χ0n) is 12.8. The van der Waals surface area contributed by atoms with Crippen LogP contribution < -0.4 is 5.32 Å².